The molecule has 0 aromatic heterocycles. The van der Waals surface area contributed by atoms with E-state index in [1.54, 1.807) is 12.1 Å². The molecule has 96 valence electrons. The molecular formula is C12H12Cl2N2O2. The normalized spacial score (nSPS) is 16.7. The first-order valence-corrected chi connectivity index (χ1v) is 6.11. The Balaban J connectivity index is 2.43. The van der Waals surface area contributed by atoms with E-state index in [0.717, 1.165) is 0 Å². The van der Waals surface area contributed by atoms with Gasteiger partial charge in [0, 0.05) is 5.56 Å². The Morgan fingerprint density at radius 1 is 1.28 bits per heavy atom. The maximum Gasteiger partial charge on any atom is 0.278 e. The van der Waals surface area contributed by atoms with Crippen LogP contribution in [0.5, 0.6) is 0 Å². The van der Waals surface area contributed by atoms with E-state index in [1.165, 1.54) is 0 Å². The van der Waals surface area contributed by atoms with Crippen molar-refractivity contribution in [3.8, 4) is 0 Å². The number of carbonyl (C=O) groups is 1. The zero-order chi connectivity index (χ0) is 13.5. The van der Waals surface area contributed by atoms with Gasteiger partial charge in [-0.15, -0.1) is 0 Å². The van der Waals surface area contributed by atoms with Crippen molar-refractivity contribution in [2.24, 2.45) is 5.16 Å². The van der Waals surface area contributed by atoms with E-state index >= 15 is 0 Å². The van der Waals surface area contributed by atoms with E-state index in [0.29, 0.717) is 21.3 Å². The molecule has 0 spiro atoms. The van der Waals surface area contributed by atoms with Gasteiger partial charge < -0.3 is 10.2 Å². The van der Waals surface area contributed by atoms with Gasteiger partial charge in [0.2, 0.25) is 0 Å². The van der Waals surface area contributed by atoms with Gasteiger partial charge >= 0.3 is 0 Å². The molecule has 0 saturated heterocycles. The number of hydrogen-bond acceptors (Lipinski definition) is 3. The average molecular weight is 287 g/mol. The largest absolute Gasteiger partial charge is 0.389 e. The van der Waals surface area contributed by atoms with Gasteiger partial charge in [-0.25, -0.2) is 0 Å². The van der Waals surface area contributed by atoms with Gasteiger partial charge in [-0.3, -0.25) is 4.79 Å². The molecule has 6 heteroatoms. The first-order valence-electron chi connectivity index (χ1n) is 5.35. The van der Waals surface area contributed by atoms with E-state index < -0.39 is 5.60 Å². The summed E-state index contributed by atoms with van der Waals surface area (Å²) in [6, 6.07) is 3.31. The van der Waals surface area contributed by atoms with Gasteiger partial charge in [0.05, 0.1) is 15.7 Å². The summed E-state index contributed by atoms with van der Waals surface area (Å²) in [5.74, 6) is -0.349. The summed E-state index contributed by atoms with van der Waals surface area (Å²) in [5.41, 5.74) is 0.814. The molecule has 1 N–H and O–H groups in total. The van der Waals surface area contributed by atoms with Crippen LogP contribution in [0.15, 0.2) is 17.3 Å². The first kappa shape index (κ1) is 13.2. The summed E-state index contributed by atoms with van der Waals surface area (Å²) in [5, 5.41) is 7.21. The average Bonchev–Trinajstić information content (AvgIpc) is 2.57. The summed E-state index contributed by atoms with van der Waals surface area (Å²) in [6.07, 6.45) is 0. The lowest BCUT2D eigenvalue weighted by molar-refractivity contribution is -0.110. The lowest BCUT2D eigenvalue weighted by atomic mass is 10.1. The molecule has 0 unspecified atom stereocenters. The number of anilines is 1. The molecule has 4 nitrogen and oxygen atoms in total. The molecule has 0 saturated carbocycles. The van der Waals surface area contributed by atoms with E-state index in [4.69, 9.17) is 28.0 Å². The van der Waals surface area contributed by atoms with Gasteiger partial charge in [0.25, 0.3) is 5.91 Å². The highest BCUT2D eigenvalue weighted by atomic mass is 35.5. The van der Waals surface area contributed by atoms with Crippen molar-refractivity contribution in [2.75, 3.05) is 5.32 Å². The second-order valence-corrected chi connectivity index (χ2v) is 5.67. The smallest absolute Gasteiger partial charge is 0.278 e. The monoisotopic (exact) mass is 286 g/mol. The summed E-state index contributed by atoms with van der Waals surface area (Å²) in [6.45, 7) is 5.54. The Morgan fingerprint density at radius 2 is 1.94 bits per heavy atom. The van der Waals surface area contributed by atoms with Crippen molar-refractivity contribution < 1.29 is 9.63 Å². The highest BCUT2D eigenvalue weighted by Crippen LogP contribution is 2.36. The standard InChI is InChI=1S/C12H12Cl2N2O2/c1-12(2,3)18-16-10-6-4-5-7(13)8(14)9(6)15-11(10)17/h4-5H,1-3H3,(H,15,16,17). The SMILES string of the molecule is CC(C)(C)O/N=C1\C(=O)Nc2c1ccc(Cl)c2Cl. The van der Waals surface area contributed by atoms with Crippen LogP contribution in [-0.2, 0) is 9.63 Å². The maximum atomic E-state index is 11.8. The fourth-order valence-electron chi connectivity index (χ4n) is 1.44. The second kappa shape index (κ2) is 4.44. The van der Waals surface area contributed by atoms with Crippen molar-refractivity contribution in [2.45, 2.75) is 26.4 Å². The minimum Gasteiger partial charge on any atom is -0.389 e. The molecule has 1 aliphatic rings. The highest BCUT2D eigenvalue weighted by Gasteiger charge is 2.30. The van der Waals surface area contributed by atoms with Crippen molar-refractivity contribution in [1.29, 1.82) is 0 Å². The number of amides is 1. The molecule has 1 aromatic carbocycles. The minimum absolute atomic E-state index is 0.207. The fraction of sp³-hybridized carbons (Fsp3) is 0.333. The Morgan fingerprint density at radius 3 is 2.56 bits per heavy atom. The summed E-state index contributed by atoms with van der Waals surface area (Å²) >= 11 is 11.9. The van der Waals surface area contributed by atoms with Gasteiger partial charge in [-0.05, 0) is 32.9 Å². The Kier molecular flexibility index (Phi) is 3.25. The number of nitrogens with zero attached hydrogens (tertiary/aromatic N) is 1. The molecule has 1 amide bonds. The predicted octanol–water partition coefficient (Wildman–Crippen LogP) is 3.46. The van der Waals surface area contributed by atoms with Gasteiger partial charge in [0.1, 0.15) is 5.60 Å². The molecule has 1 aromatic rings. The number of carbonyl (C=O) groups excluding carboxylic acids is 1. The van der Waals surface area contributed by atoms with Crippen LogP contribution in [0.3, 0.4) is 0 Å². The number of nitrogens with one attached hydrogen (secondary N) is 1. The van der Waals surface area contributed by atoms with Crippen molar-refractivity contribution in [3.05, 3.63) is 27.7 Å². The van der Waals surface area contributed by atoms with E-state index in [9.17, 15) is 4.79 Å². The molecule has 0 bridgehead atoms. The minimum atomic E-state index is -0.466. The molecule has 0 radical (unpaired) electrons. The van der Waals surface area contributed by atoms with Crippen molar-refractivity contribution >= 4 is 40.5 Å². The maximum absolute atomic E-state index is 11.8. The molecule has 1 aliphatic heterocycles. The van der Waals surface area contributed by atoms with Crippen LogP contribution in [0, 0.1) is 0 Å². The first-order chi connectivity index (χ1) is 8.29. The molecule has 2 rings (SSSR count). The van der Waals surface area contributed by atoms with Gasteiger partial charge in [0.15, 0.2) is 5.71 Å². The van der Waals surface area contributed by atoms with Crippen LogP contribution in [0.4, 0.5) is 5.69 Å². The zero-order valence-electron chi connectivity index (χ0n) is 10.2. The fourth-order valence-corrected chi connectivity index (χ4v) is 1.81. The second-order valence-electron chi connectivity index (χ2n) is 4.88. The third kappa shape index (κ3) is 2.44. The highest BCUT2D eigenvalue weighted by molar-refractivity contribution is 6.56. The van der Waals surface area contributed by atoms with Crippen LogP contribution < -0.4 is 5.32 Å². The Labute approximate surface area is 115 Å². The molecule has 18 heavy (non-hydrogen) atoms. The lowest BCUT2D eigenvalue weighted by Crippen LogP contribution is -2.20. The Hall–Kier alpha value is -1.26. The van der Waals surface area contributed by atoms with Crippen LogP contribution in [-0.4, -0.2) is 17.2 Å². The van der Waals surface area contributed by atoms with E-state index in [1.807, 2.05) is 20.8 Å². The number of rotatable bonds is 1. The summed E-state index contributed by atoms with van der Waals surface area (Å²) < 4.78 is 0. The van der Waals surface area contributed by atoms with Gasteiger partial charge in [-0.1, -0.05) is 28.4 Å². The number of oxime groups is 1. The number of halogens is 2. The number of fused-ring (bicyclic) bond motifs is 1. The summed E-state index contributed by atoms with van der Waals surface area (Å²) in [7, 11) is 0. The van der Waals surface area contributed by atoms with Crippen molar-refractivity contribution in [3.63, 3.8) is 0 Å². The van der Waals surface area contributed by atoms with Crippen molar-refractivity contribution in [1.82, 2.24) is 0 Å². The van der Waals surface area contributed by atoms with E-state index in [2.05, 4.69) is 10.5 Å². The molecule has 0 aliphatic carbocycles. The lowest BCUT2D eigenvalue weighted by Gasteiger charge is -2.15. The van der Waals surface area contributed by atoms with Crippen LogP contribution in [0.25, 0.3) is 0 Å². The van der Waals surface area contributed by atoms with Gasteiger partial charge in [-0.2, -0.15) is 0 Å². The van der Waals surface area contributed by atoms with Crippen LogP contribution in [0.1, 0.15) is 26.3 Å². The number of hydrogen-bond donors (Lipinski definition) is 1. The molecule has 1 heterocycles. The quantitative estimate of drug-likeness (QED) is 0.804. The predicted molar refractivity (Wildman–Crippen MR) is 72.5 cm³/mol. The topological polar surface area (TPSA) is 50.7 Å². The third-order valence-corrected chi connectivity index (χ3v) is 3.02. The zero-order valence-corrected chi connectivity index (χ0v) is 11.7. The van der Waals surface area contributed by atoms with Crippen LogP contribution >= 0.6 is 23.2 Å². The summed E-state index contributed by atoms with van der Waals surface area (Å²) in [4.78, 5) is 17.0. The van der Waals surface area contributed by atoms with E-state index in [-0.39, 0.29) is 11.6 Å². The molecule has 0 fully saturated rings. The third-order valence-electron chi connectivity index (χ3n) is 2.21. The number of benzene rings is 1. The Bertz CT molecular complexity index is 548. The van der Waals surface area contributed by atoms with Crippen LogP contribution in [0.2, 0.25) is 10.0 Å². The molecular weight excluding hydrogens is 275 g/mol. The molecule has 0 atom stereocenters.